The van der Waals surface area contributed by atoms with Crippen LogP contribution in [0.25, 0.3) is 0 Å². The van der Waals surface area contributed by atoms with E-state index >= 15 is 0 Å². The molecule has 0 aliphatic carbocycles. The molecular formula is C14H17F3N6OS. The number of rotatable bonds is 6. The Morgan fingerprint density at radius 3 is 3.00 bits per heavy atom. The van der Waals surface area contributed by atoms with Crippen LogP contribution in [-0.2, 0) is 6.54 Å². The summed E-state index contributed by atoms with van der Waals surface area (Å²) in [4.78, 5) is 15.4. The number of hydrogen-bond acceptors (Lipinski definition) is 6. The lowest BCUT2D eigenvalue weighted by atomic mass is 10.2. The van der Waals surface area contributed by atoms with Gasteiger partial charge in [0.1, 0.15) is 0 Å². The van der Waals surface area contributed by atoms with Gasteiger partial charge < -0.3 is 5.32 Å². The van der Waals surface area contributed by atoms with E-state index in [4.69, 9.17) is 0 Å². The fourth-order valence-electron chi connectivity index (χ4n) is 2.84. The monoisotopic (exact) mass is 374 g/mol. The fourth-order valence-corrected chi connectivity index (χ4v) is 3.94. The lowest BCUT2D eigenvalue weighted by molar-refractivity contribution is -0.138. The van der Waals surface area contributed by atoms with E-state index in [-0.39, 0.29) is 25.0 Å². The Morgan fingerprint density at radius 1 is 1.44 bits per heavy atom. The summed E-state index contributed by atoms with van der Waals surface area (Å²) in [6.07, 6.45) is -3.29. The van der Waals surface area contributed by atoms with Gasteiger partial charge >= 0.3 is 6.18 Å². The number of amides is 1. The maximum atomic E-state index is 12.5. The highest BCUT2D eigenvalue weighted by atomic mass is 32.1. The molecule has 1 saturated heterocycles. The number of nitrogens with one attached hydrogen (secondary N) is 2. The van der Waals surface area contributed by atoms with Crippen molar-refractivity contribution >= 4 is 17.2 Å². The number of hydrogen-bond donors (Lipinski definition) is 2. The minimum Gasteiger partial charge on any atom is -0.344 e. The Hall–Kier alpha value is -2.01. The number of likely N-dealkylation sites (tertiary alicyclic amines) is 1. The molecule has 3 rings (SSSR count). The van der Waals surface area contributed by atoms with Gasteiger partial charge in [0.15, 0.2) is 5.82 Å². The van der Waals surface area contributed by atoms with Crippen LogP contribution in [0.1, 0.15) is 45.7 Å². The summed E-state index contributed by atoms with van der Waals surface area (Å²) in [5, 5.41) is 15.9. The minimum absolute atomic E-state index is 0.00851. The topological polar surface area (TPSA) is 86.8 Å². The van der Waals surface area contributed by atoms with Crippen molar-refractivity contribution in [1.82, 2.24) is 30.8 Å². The summed E-state index contributed by atoms with van der Waals surface area (Å²) in [6, 6.07) is 3.47. The third-order valence-corrected chi connectivity index (χ3v) is 5.21. The van der Waals surface area contributed by atoms with Crippen LogP contribution in [0.15, 0.2) is 12.1 Å². The molecule has 0 bridgehead atoms. The molecule has 1 atom stereocenters. The molecule has 2 N–H and O–H groups in total. The number of tetrazole rings is 1. The molecule has 136 valence electrons. The quantitative estimate of drug-likeness (QED) is 0.810. The van der Waals surface area contributed by atoms with Crippen molar-refractivity contribution in [2.45, 2.75) is 38.0 Å². The molecule has 1 aliphatic heterocycles. The van der Waals surface area contributed by atoms with E-state index in [1.165, 1.54) is 11.3 Å². The van der Waals surface area contributed by atoms with Crippen molar-refractivity contribution in [3.05, 3.63) is 27.7 Å². The number of halogens is 3. The van der Waals surface area contributed by atoms with Gasteiger partial charge in [0.25, 0.3) is 5.91 Å². The Morgan fingerprint density at radius 2 is 2.28 bits per heavy atom. The fraction of sp³-hybridized carbons (Fsp3) is 0.571. The van der Waals surface area contributed by atoms with Crippen LogP contribution in [0.5, 0.6) is 0 Å². The second-order valence-corrected chi connectivity index (χ2v) is 6.89. The van der Waals surface area contributed by atoms with E-state index in [9.17, 15) is 18.0 Å². The van der Waals surface area contributed by atoms with Crippen molar-refractivity contribution < 1.29 is 18.0 Å². The van der Waals surface area contributed by atoms with Crippen LogP contribution >= 0.6 is 11.3 Å². The number of carbonyl (C=O) groups excluding carboxylic acids is 1. The number of H-pyrrole nitrogens is 1. The first-order chi connectivity index (χ1) is 11.9. The molecule has 11 heteroatoms. The van der Waals surface area contributed by atoms with Crippen LogP contribution in [0.3, 0.4) is 0 Å². The number of nitrogens with zero attached hydrogens (tertiary/aromatic N) is 4. The van der Waals surface area contributed by atoms with Gasteiger partial charge in [-0.15, -0.1) is 21.5 Å². The van der Waals surface area contributed by atoms with Crippen molar-refractivity contribution in [3.63, 3.8) is 0 Å². The summed E-state index contributed by atoms with van der Waals surface area (Å²) >= 11 is 1.31. The predicted molar refractivity (Wildman–Crippen MR) is 83.9 cm³/mol. The lowest BCUT2D eigenvalue weighted by Crippen LogP contribution is -2.27. The maximum absolute atomic E-state index is 12.5. The molecule has 0 radical (unpaired) electrons. The van der Waals surface area contributed by atoms with Gasteiger partial charge in [-0.25, -0.2) is 0 Å². The summed E-state index contributed by atoms with van der Waals surface area (Å²) < 4.78 is 37.4. The number of aromatic amines is 1. The van der Waals surface area contributed by atoms with E-state index in [1.807, 2.05) is 11.0 Å². The standard InChI is InChI=1S/C14H17F3N6OS/c15-14(16,17)5-7-23-6-1-2-9(23)10-3-4-11(25-10)13(24)18-8-12-19-21-22-20-12/h3-4,9H,1-2,5-8H2,(H,18,24)(H,19,20,21,22). The second kappa shape index (κ2) is 7.48. The average molecular weight is 374 g/mol. The maximum Gasteiger partial charge on any atom is 0.390 e. The van der Waals surface area contributed by atoms with E-state index in [2.05, 4.69) is 25.9 Å². The Bertz CT molecular complexity index is 702. The molecule has 0 saturated carbocycles. The summed E-state index contributed by atoms with van der Waals surface area (Å²) in [6.45, 7) is 0.799. The molecule has 3 heterocycles. The highest BCUT2D eigenvalue weighted by Gasteiger charge is 2.33. The molecular weight excluding hydrogens is 357 g/mol. The third kappa shape index (κ3) is 4.75. The Labute approximate surface area is 145 Å². The zero-order chi connectivity index (χ0) is 17.9. The van der Waals surface area contributed by atoms with Crippen molar-refractivity contribution in [1.29, 1.82) is 0 Å². The first-order valence-electron chi connectivity index (χ1n) is 7.83. The summed E-state index contributed by atoms with van der Waals surface area (Å²) in [5.74, 6) is 0.111. The van der Waals surface area contributed by atoms with Crippen molar-refractivity contribution in [2.24, 2.45) is 0 Å². The van der Waals surface area contributed by atoms with Crippen LogP contribution < -0.4 is 5.32 Å². The van der Waals surface area contributed by atoms with E-state index in [0.717, 1.165) is 17.7 Å². The minimum atomic E-state index is -4.15. The van der Waals surface area contributed by atoms with Gasteiger partial charge in [0.05, 0.1) is 17.8 Å². The Balaban J connectivity index is 1.59. The molecule has 1 aliphatic rings. The zero-order valence-electron chi connectivity index (χ0n) is 13.2. The smallest absolute Gasteiger partial charge is 0.344 e. The molecule has 2 aromatic rings. The van der Waals surface area contributed by atoms with Gasteiger partial charge in [0, 0.05) is 17.5 Å². The van der Waals surface area contributed by atoms with Gasteiger partial charge in [0.2, 0.25) is 0 Å². The number of alkyl halides is 3. The normalized spacial score (nSPS) is 18.6. The Kier molecular flexibility index (Phi) is 5.33. The number of aromatic nitrogens is 4. The largest absolute Gasteiger partial charge is 0.390 e. The van der Waals surface area contributed by atoms with Gasteiger partial charge in [-0.1, -0.05) is 5.21 Å². The molecule has 2 aromatic heterocycles. The molecule has 1 fully saturated rings. The van der Waals surface area contributed by atoms with Crippen LogP contribution in [0.2, 0.25) is 0 Å². The van der Waals surface area contributed by atoms with Gasteiger partial charge in [-0.2, -0.15) is 18.4 Å². The average Bonchev–Trinajstić information content (AvgIpc) is 3.30. The second-order valence-electron chi connectivity index (χ2n) is 5.77. The first-order valence-corrected chi connectivity index (χ1v) is 8.65. The zero-order valence-corrected chi connectivity index (χ0v) is 14.0. The van der Waals surface area contributed by atoms with E-state index in [1.54, 1.807) is 6.07 Å². The van der Waals surface area contributed by atoms with E-state index in [0.29, 0.717) is 17.2 Å². The van der Waals surface area contributed by atoms with Crippen LogP contribution in [0.4, 0.5) is 13.2 Å². The number of thiophene rings is 1. The van der Waals surface area contributed by atoms with Crippen molar-refractivity contribution in [3.8, 4) is 0 Å². The molecule has 0 aromatic carbocycles. The summed E-state index contributed by atoms with van der Waals surface area (Å²) in [7, 11) is 0. The molecule has 25 heavy (non-hydrogen) atoms. The van der Waals surface area contributed by atoms with E-state index < -0.39 is 12.6 Å². The number of carbonyl (C=O) groups is 1. The van der Waals surface area contributed by atoms with Gasteiger partial charge in [-0.3, -0.25) is 9.69 Å². The first kappa shape index (κ1) is 17.8. The SMILES string of the molecule is O=C(NCc1nn[nH]n1)c1ccc(C2CCCN2CCC(F)(F)F)s1. The molecule has 1 unspecified atom stereocenters. The molecule has 7 nitrogen and oxygen atoms in total. The lowest BCUT2D eigenvalue weighted by Gasteiger charge is -2.24. The predicted octanol–water partition coefficient (Wildman–Crippen LogP) is 2.28. The third-order valence-electron chi connectivity index (χ3n) is 4.02. The van der Waals surface area contributed by atoms with Crippen molar-refractivity contribution in [2.75, 3.05) is 13.1 Å². The van der Waals surface area contributed by atoms with Crippen LogP contribution in [0, 0.1) is 0 Å². The highest BCUT2D eigenvalue weighted by Crippen LogP contribution is 2.36. The van der Waals surface area contributed by atoms with Crippen LogP contribution in [-0.4, -0.2) is 50.7 Å². The molecule has 0 spiro atoms. The highest BCUT2D eigenvalue weighted by molar-refractivity contribution is 7.14. The summed E-state index contributed by atoms with van der Waals surface area (Å²) in [5.41, 5.74) is 0. The van der Waals surface area contributed by atoms with Gasteiger partial charge in [-0.05, 0) is 31.5 Å². The molecule has 1 amide bonds.